The van der Waals surface area contributed by atoms with E-state index in [1.165, 1.54) is 12.1 Å². The van der Waals surface area contributed by atoms with E-state index in [9.17, 15) is 18.0 Å². The molecule has 2 amide bonds. The van der Waals surface area contributed by atoms with Crippen molar-refractivity contribution in [2.75, 3.05) is 18.4 Å². The van der Waals surface area contributed by atoms with Crippen molar-refractivity contribution in [3.8, 4) is 0 Å². The molecule has 3 aromatic carbocycles. The molecule has 2 heterocycles. The molecule has 9 heteroatoms. The number of aromatic amines is 1. The Bertz CT molecular complexity index is 1630. The lowest BCUT2D eigenvalue weighted by atomic mass is 10.1. The molecule has 0 saturated carbocycles. The largest absolute Gasteiger partial charge is 0.416 e. The Kier molecular flexibility index (Phi) is 6.13. The van der Waals surface area contributed by atoms with Gasteiger partial charge in [0.1, 0.15) is 5.65 Å². The van der Waals surface area contributed by atoms with Crippen LogP contribution in [0.1, 0.15) is 12.0 Å². The third-order valence-corrected chi connectivity index (χ3v) is 6.12. The van der Waals surface area contributed by atoms with Gasteiger partial charge in [-0.25, -0.2) is 4.79 Å². The quantitative estimate of drug-likeness (QED) is 0.262. The number of amides is 2. The normalized spacial score (nSPS) is 12.5. The molecule has 5 rings (SSSR count). The lowest BCUT2D eigenvalue weighted by Gasteiger charge is -2.13. The monoisotopic (exact) mass is 491 g/mol. The number of benzene rings is 3. The Balaban J connectivity index is 1.50. The number of pyridine rings is 1. The summed E-state index contributed by atoms with van der Waals surface area (Å²) < 4.78 is 42.5. The number of para-hydroxylation sites is 2. The highest BCUT2D eigenvalue weighted by atomic mass is 19.4. The minimum atomic E-state index is -4.46. The average molecular weight is 492 g/mol. The molecule has 5 aromatic rings. The molecule has 36 heavy (non-hydrogen) atoms. The maximum absolute atomic E-state index is 13.5. The summed E-state index contributed by atoms with van der Waals surface area (Å²) in [5.41, 5.74) is 2.27. The summed E-state index contributed by atoms with van der Waals surface area (Å²) in [6.45, 7) is 0.699. The standard InChI is InChI=1S/C27H24F3N5O/c1-35-22-13-12-17(27(28,29)30)16-20(22)24(23-19-10-5-6-11-21(19)34-25(23)35)31-14-7-15-32-26(36)33-18-8-3-2-4-9-18/h2-6,8-13,16,34H,7,14-15H2,1H3,(H2,32,33,36). The number of nitrogens with zero attached hydrogens (tertiary/aromatic N) is 2. The van der Waals surface area contributed by atoms with Crippen LogP contribution >= 0.6 is 0 Å². The maximum Gasteiger partial charge on any atom is 0.416 e. The second-order valence-electron chi connectivity index (χ2n) is 8.51. The fourth-order valence-corrected chi connectivity index (χ4v) is 4.40. The van der Waals surface area contributed by atoms with Crippen LogP contribution in [-0.4, -0.2) is 28.7 Å². The van der Waals surface area contributed by atoms with Gasteiger partial charge in [-0.2, -0.15) is 13.2 Å². The van der Waals surface area contributed by atoms with E-state index in [0.717, 1.165) is 28.0 Å². The molecule has 0 fully saturated rings. The average Bonchev–Trinajstić information content (AvgIpc) is 3.25. The number of aromatic nitrogens is 2. The highest BCUT2D eigenvalue weighted by Gasteiger charge is 2.31. The second kappa shape index (κ2) is 9.41. The lowest BCUT2D eigenvalue weighted by Crippen LogP contribution is -2.29. The summed E-state index contributed by atoms with van der Waals surface area (Å²) in [6, 6.07) is 20.2. The van der Waals surface area contributed by atoms with Crippen molar-refractivity contribution in [1.29, 1.82) is 0 Å². The number of urea groups is 1. The number of halogens is 3. The van der Waals surface area contributed by atoms with Crippen LogP contribution in [0.3, 0.4) is 0 Å². The smallest absolute Gasteiger partial charge is 0.341 e. The van der Waals surface area contributed by atoms with Gasteiger partial charge in [0.25, 0.3) is 0 Å². The number of H-pyrrole nitrogens is 1. The van der Waals surface area contributed by atoms with Crippen LogP contribution in [0.4, 0.5) is 23.7 Å². The Morgan fingerprint density at radius 3 is 2.53 bits per heavy atom. The molecular weight excluding hydrogens is 467 g/mol. The van der Waals surface area contributed by atoms with Gasteiger partial charge in [-0.1, -0.05) is 36.4 Å². The molecule has 0 aliphatic heterocycles. The first kappa shape index (κ1) is 23.5. The van der Waals surface area contributed by atoms with Gasteiger partial charge < -0.3 is 20.2 Å². The first-order valence-electron chi connectivity index (χ1n) is 11.5. The molecule has 0 bridgehead atoms. The molecule has 0 aliphatic rings. The third kappa shape index (κ3) is 4.51. The molecule has 6 nitrogen and oxygen atoms in total. The van der Waals surface area contributed by atoms with E-state index < -0.39 is 11.7 Å². The minimum absolute atomic E-state index is 0.327. The summed E-state index contributed by atoms with van der Waals surface area (Å²) in [7, 11) is 1.83. The van der Waals surface area contributed by atoms with Crippen LogP contribution in [0.15, 0.2) is 77.8 Å². The predicted molar refractivity (Wildman–Crippen MR) is 136 cm³/mol. The van der Waals surface area contributed by atoms with E-state index in [1.54, 1.807) is 12.1 Å². The molecule has 0 atom stereocenters. The molecule has 3 N–H and O–H groups in total. The maximum atomic E-state index is 13.5. The van der Waals surface area contributed by atoms with Gasteiger partial charge in [0, 0.05) is 42.1 Å². The molecule has 0 radical (unpaired) electrons. The van der Waals surface area contributed by atoms with Crippen molar-refractivity contribution >= 4 is 44.6 Å². The first-order valence-corrected chi connectivity index (χ1v) is 11.5. The minimum Gasteiger partial charge on any atom is -0.341 e. The summed E-state index contributed by atoms with van der Waals surface area (Å²) in [5.74, 6) is 0. The Hall–Kier alpha value is -4.27. The van der Waals surface area contributed by atoms with Crippen LogP contribution in [0, 0.1) is 0 Å². The van der Waals surface area contributed by atoms with Crippen molar-refractivity contribution < 1.29 is 18.0 Å². The van der Waals surface area contributed by atoms with Crippen molar-refractivity contribution in [1.82, 2.24) is 14.9 Å². The van der Waals surface area contributed by atoms with Crippen LogP contribution in [-0.2, 0) is 13.2 Å². The zero-order valence-corrected chi connectivity index (χ0v) is 19.5. The Morgan fingerprint density at radius 2 is 1.75 bits per heavy atom. The molecule has 0 aliphatic carbocycles. The van der Waals surface area contributed by atoms with E-state index in [4.69, 9.17) is 4.99 Å². The van der Waals surface area contributed by atoms with Gasteiger partial charge in [-0.3, -0.25) is 4.99 Å². The number of hydrogen-bond acceptors (Lipinski definition) is 2. The summed E-state index contributed by atoms with van der Waals surface area (Å²) in [6.07, 6.45) is -3.94. The molecule has 0 spiro atoms. The van der Waals surface area contributed by atoms with E-state index in [0.29, 0.717) is 41.5 Å². The SMILES string of the molecule is Cn1c2ccc(C(F)(F)F)cc2c(=NCCCNC(=O)Nc2ccccc2)c2c3ccccc3[nH]c21. The van der Waals surface area contributed by atoms with Crippen molar-refractivity contribution in [2.24, 2.45) is 12.0 Å². The van der Waals surface area contributed by atoms with Gasteiger partial charge in [0.05, 0.1) is 21.8 Å². The molecule has 184 valence electrons. The summed E-state index contributed by atoms with van der Waals surface area (Å²) >= 11 is 0. The lowest BCUT2D eigenvalue weighted by molar-refractivity contribution is -0.137. The number of carbonyl (C=O) groups is 1. The van der Waals surface area contributed by atoms with Crippen molar-refractivity contribution in [3.05, 3.63) is 83.7 Å². The fourth-order valence-electron chi connectivity index (χ4n) is 4.40. The number of nitrogens with one attached hydrogen (secondary N) is 3. The topological polar surface area (TPSA) is 74.2 Å². The van der Waals surface area contributed by atoms with Crippen LogP contribution in [0.5, 0.6) is 0 Å². The highest BCUT2D eigenvalue weighted by molar-refractivity contribution is 6.09. The van der Waals surface area contributed by atoms with E-state index >= 15 is 0 Å². The second-order valence-corrected chi connectivity index (χ2v) is 8.51. The van der Waals surface area contributed by atoms with Gasteiger partial charge in [0.15, 0.2) is 0 Å². The zero-order valence-electron chi connectivity index (χ0n) is 19.5. The van der Waals surface area contributed by atoms with Gasteiger partial charge in [-0.15, -0.1) is 0 Å². The Labute approximate surface area is 204 Å². The highest BCUT2D eigenvalue weighted by Crippen LogP contribution is 2.32. The van der Waals surface area contributed by atoms with Crippen LogP contribution in [0.2, 0.25) is 0 Å². The van der Waals surface area contributed by atoms with Crippen molar-refractivity contribution in [3.63, 3.8) is 0 Å². The van der Waals surface area contributed by atoms with Gasteiger partial charge in [-0.05, 0) is 42.8 Å². The van der Waals surface area contributed by atoms with E-state index in [2.05, 4.69) is 15.6 Å². The molecular formula is C27H24F3N5O. The molecule has 0 unspecified atom stereocenters. The number of aryl methyl sites for hydroxylation is 1. The molecule has 2 aromatic heterocycles. The summed E-state index contributed by atoms with van der Waals surface area (Å²) in [5, 5.41) is 8.14. The van der Waals surface area contributed by atoms with Crippen molar-refractivity contribution in [2.45, 2.75) is 12.6 Å². The molecule has 0 saturated heterocycles. The Morgan fingerprint density at radius 1 is 1.00 bits per heavy atom. The fraction of sp³-hybridized carbons (Fsp3) is 0.185. The van der Waals surface area contributed by atoms with Crippen LogP contribution in [0.25, 0.3) is 32.8 Å². The number of rotatable bonds is 5. The number of carbonyl (C=O) groups excluding carboxylic acids is 1. The predicted octanol–water partition coefficient (Wildman–Crippen LogP) is 5.94. The number of fused-ring (bicyclic) bond motifs is 4. The van der Waals surface area contributed by atoms with Crippen LogP contribution < -0.4 is 16.0 Å². The zero-order chi connectivity index (χ0) is 25.3. The van der Waals surface area contributed by atoms with E-state index in [-0.39, 0.29) is 6.03 Å². The first-order chi connectivity index (χ1) is 17.3. The summed E-state index contributed by atoms with van der Waals surface area (Å²) in [4.78, 5) is 20.2. The number of anilines is 1. The van der Waals surface area contributed by atoms with Gasteiger partial charge >= 0.3 is 12.2 Å². The number of alkyl halides is 3. The van der Waals surface area contributed by atoms with Gasteiger partial charge in [0.2, 0.25) is 0 Å². The van der Waals surface area contributed by atoms with E-state index in [1.807, 2.05) is 54.1 Å². The third-order valence-electron chi connectivity index (χ3n) is 6.12. The number of hydrogen-bond donors (Lipinski definition) is 3.